The Bertz CT molecular complexity index is 359. The lowest BCUT2D eigenvalue weighted by Crippen LogP contribution is -2.59. The molecule has 0 bridgehead atoms. The number of halogens is 5. The van der Waals surface area contributed by atoms with Gasteiger partial charge in [-0.25, -0.2) is 4.79 Å². The molecular weight excluding hydrogens is 285 g/mol. The Morgan fingerprint density at radius 1 is 1.22 bits per heavy atom. The fraction of sp³-hybridized carbons (Fsp3) is 0.750. The number of carboxylic acids is 1. The van der Waals surface area contributed by atoms with Crippen LogP contribution in [0.2, 0.25) is 0 Å². The number of carboxylic acid groups (broad SMARTS) is 1. The molecule has 1 aliphatic heterocycles. The topological polar surface area (TPSA) is 57.6 Å². The van der Waals surface area contributed by atoms with E-state index in [9.17, 15) is 31.5 Å². The van der Waals surface area contributed by atoms with Gasteiger partial charge in [0.1, 0.15) is 6.04 Å². The maximum atomic E-state index is 12.8. The van der Waals surface area contributed by atoms with Gasteiger partial charge in [-0.1, -0.05) is 0 Å². The van der Waals surface area contributed by atoms with Gasteiger partial charge >= 0.3 is 24.0 Å². The number of hydrogen-bond acceptors (Lipinski definition) is 3. The predicted molar refractivity (Wildman–Crippen MR) is 51.5 cm³/mol. The first-order valence-corrected chi connectivity index (χ1v) is 5.80. The molecule has 0 aromatic heterocycles. The van der Waals surface area contributed by atoms with E-state index in [0.29, 0.717) is 0 Å². The van der Waals surface area contributed by atoms with E-state index in [0.717, 1.165) is 11.8 Å². The van der Waals surface area contributed by atoms with Crippen molar-refractivity contribution in [3.8, 4) is 0 Å². The van der Waals surface area contributed by atoms with Crippen molar-refractivity contribution in [1.29, 1.82) is 0 Å². The molecule has 104 valence electrons. The number of hydrogen-bond donors (Lipinski definition) is 1. The molecule has 1 aliphatic rings. The van der Waals surface area contributed by atoms with Crippen LogP contribution in [0.4, 0.5) is 22.0 Å². The average Bonchev–Trinajstić information content (AvgIpc) is 2.26. The highest BCUT2D eigenvalue weighted by molar-refractivity contribution is 7.99. The normalized spacial score (nSPS) is 21.8. The van der Waals surface area contributed by atoms with Crippen LogP contribution < -0.4 is 0 Å². The highest BCUT2D eigenvalue weighted by Crippen LogP contribution is 2.38. The number of nitrogens with zero attached hydrogens (tertiary/aromatic N) is 1. The van der Waals surface area contributed by atoms with Gasteiger partial charge in [-0.2, -0.15) is 33.7 Å². The van der Waals surface area contributed by atoms with Crippen LogP contribution in [-0.4, -0.2) is 58.1 Å². The molecule has 0 spiro atoms. The molecular formula is C8H8F5NO3S. The molecule has 4 nitrogen and oxygen atoms in total. The summed E-state index contributed by atoms with van der Waals surface area (Å²) < 4.78 is 61.7. The minimum absolute atomic E-state index is 0.0757. The maximum Gasteiger partial charge on any atom is 0.463 e. The molecule has 0 aromatic rings. The molecule has 0 aliphatic carbocycles. The fourth-order valence-electron chi connectivity index (χ4n) is 1.35. The third-order valence-electron chi connectivity index (χ3n) is 2.30. The number of amides is 1. The average molecular weight is 293 g/mol. The van der Waals surface area contributed by atoms with Crippen LogP contribution >= 0.6 is 11.8 Å². The molecule has 0 saturated carbocycles. The SMILES string of the molecule is O=C(O)C1CSCCN1C(=O)C(F)(F)C(F)(F)F. The maximum absolute atomic E-state index is 12.8. The molecule has 1 unspecified atom stereocenters. The van der Waals surface area contributed by atoms with E-state index in [1.165, 1.54) is 0 Å². The van der Waals surface area contributed by atoms with E-state index in [4.69, 9.17) is 5.11 Å². The van der Waals surface area contributed by atoms with Crippen LogP contribution in [0.1, 0.15) is 0 Å². The van der Waals surface area contributed by atoms with Gasteiger partial charge in [0.05, 0.1) is 0 Å². The Morgan fingerprint density at radius 2 is 1.78 bits per heavy atom. The van der Waals surface area contributed by atoms with Crippen LogP contribution in [0.15, 0.2) is 0 Å². The Kier molecular flexibility index (Phi) is 4.08. The van der Waals surface area contributed by atoms with Gasteiger partial charge < -0.3 is 10.0 Å². The molecule has 1 fully saturated rings. The lowest BCUT2D eigenvalue weighted by Gasteiger charge is -2.35. The molecule has 1 atom stereocenters. The van der Waals surface area contributed by atoms with Gasteiger partial charge in [0.2, 0.25) is 0 Å². The van der Waals surface area contributed by atoms with E-state index >= 15 is 0 Å². The zero-order valence-electron chi connectivity index (χ0n) is 8.71. The van der Waals surface area contributed by atoms with Crippen molar-refractivity contribution in [2.45, 2.75) is 18.1 Å². The molecule has 1 N–H and O–H groups in total. The Labute approximate surface area is 102 Å². The number of rotatable bonds is 2. The van der Waals surface area contributed by atoms with Crippen molar-refractivity contribution in [3.05, 3.63) is 0 Å². The van der Waals surface area contributed by atoms with Crippen molar-refractivity contribution in [2.75, 3.05) is 18.1 Å². The summed E-state index contributed by atoms with van der Waals surface area (Å²) in [4.78, 5) is 22.0. The quantitative estimate of drug-likeness (QED) is 0.778. The molecule has 1 rings (SSSR count). The van der Waals surface area contributed by atoms with E-state index in [-0.39, 0.29) is 16.4 Å². The third kappa shape index (κ3) is 2.68. The number of carbonyl (C=O) groups excluding carboxylic acids is 1. The third-order valence-corrected chi connectivity index (χ3v) is 3.32. The van der Waals surface area contributed by atoms with Gasteiger partial charge in [0, 0.05) is 18.1 Å². The Balaban J connectivity index is 2.97. The summed E-state index contributed by atoms with van der Waals surface area (Å²) in [7, 11) is 0. The van der Waals surface area contributed by atoms with Crippen LogP contribution in [-0.2, 0) is 9.59 Å². The summed E-state index contributed by atoms with van der Waals surface area (Å²) in [5.74, 6) is -9.78. The summed E-state index contributed by atoms with van der Waals surface area (Å²) in [6.45, 7) is -0.452. The summed E-state index contributed by atoms with van der Waals surface area (Å²) in [6, 6.07) is -1.66. The molecule has 1 saturated heterocycles. The molecule has 0 aromatic carbocycles. The zero-order valence-corrected chi connectivity index (χ0v) is 9.52. The molecule has 1 heterocycles. The van der Waals surface area contributed by atoms with Gasteiger partial charge in [0.25, 0.3) is 0 Å². The number of alkyl halides is 5. The van der Waals surface area contributed by atoms with Gasteiger partial charge in [-0.15, -0.1) is 0 Å². The van der Waals surface area contributed by atoms with Crippen LogP contribution in [0.3, 0.4) is 0 Å². The van der Waals surface area contributed by atoms with Gasteiger partial charge in [0.15, 0.2) is 0 Å². The second-order valence-corrected chi connectivity index (χ2v) is 4.65. The molecule has 18 heavy (non-hydrogen) atoms. The monoisotopic (exact) mass is 293 g/mol. The second kappa shape index (κ2) is 4.90. The summed E-state index contributed by atoms with van der Waals surface area (Å²) in [5, 5.41) is 8.69. The minimum atomic E-state index is -6.03. The number of carbonyl (C=O) groups is 2. The molecule has 1 amide bonds. The summed E-state index contributed by atoms with van der Waals surface area (Å²) in [6.07, 6.45) is -6.03. The van der Waals surface area contributed by atoms with Crippen molar-refractivity contribution < 1.29 is 36.6 Å². The minimum Gasteiger partial charge on any atom is -0.480 e. The van der Waals surface area contributed by atoms with E-state index in [1.807, 2.05) is 0 Å². The molecule has 0 radical (unpaired) electrons. The highest BCUT2D eigenvalue weighted by Gasteiger charge is 2.65. The highest BCUT2D eigenvalue weighted by atomic mass is 32.2. The van der Waals surface area contributed by atoms with E-state index in [1.54, 1.807) is 0 Å². The lowest BCUT2D eigenvalue weighted by atomic mass is 10.2. The van der Waals surface area contributed by atoms with Gasteiger partial charge in [-0.05, 0) is 0 Å². The number of aliphatic carboxylic acids is 1. The Hall–Kier alpha value is -1.06. The molecule has 10 heteroatoms. The first kappa shape index (κ1) is 15.0. The van der Waals surface area contributed by atoms with E-state index in [2.05, 4.69) is 0 Å². The van der Waals surface area contributed by atoms with Crippen molar-refractivity contribution in [3.63, 3.8) is 0 Å². The lowest BCUT2D eigenvalue weighted by molar-refractivity contribution is -0.275. The van der Waals surface area contributed by atoms with Crippen LogP contribution in [0, 0.1) is 0 Å². The summed E-state index contributed by atoms with van der Waals surface area (Å²) >= 11 is 1.07. The first-order chi connectivity index (χ1) is 8.09. The Morgan fingerprint density at radius 3 is 2.22 bits per heavy atom. The van der Waals surface area contributed by atoms with Crippen molar-refractivity contribution in [1.82, 2.24) is 4.90 Å². The predicted octanol–water partition coefficient (Wildman–Crippen LogP) is 1.21. The standard InChI is InChI=1S/C8H8F5NO3S/c9-7(10,8(11,12)13)6(17)14-1-2-18-3-4(14)5(15)16/h4H,1-3H2,(H,15,16). The first-order valence-electron chi connectivity index (χ1n) is 4.65. The largest absolute Gasteiger partial charge is 0.480 e. The number of thioether (sulfide) groups is 1. The second-order valence-electron chi connectivity index (χ2n) is 3.50. The van der Waals surface area contributed by atoms with Crippen LogP contribution in [0.5, 0.6) is 0 Å². The van der Waals surface area contributed by atoms with Crippen molar-refractivity contribution in [2.24, 2.45) is 0 Å². The fourth-order valence-corrected chi connectivity index (χ4v) is 2.39. The van der Waals surface area contributed by atoms with E-state index < -0.39 is 36.6 Å². The van der Waals surface area contributed by atoms with Crippen LogP contribution in [0.25, 0.3) is 0 Å². The summed E-state index contributed by atoms with van der Waals surface area (Å²) in [5.41, 5.74) is 0. The smallest absolute Gasteiger partial charge is 0.463 e. The zero-order chi connectivity index (χ0) is 14.1. The van der Waals surface area contributed by atoms with Crippen molar-refractivity contribution >= 4 is 23.6 Å². The van der Waals surface area contributed by atoms with Gasteiger partial charge in [-0.3, -0.25) is 4.79 Å².